The number of pyridine rings is 1. The highest BCUT2D eigenvalue weighted by molar-refractivity contribution is 5.77. The summed E-state index contributed by atoms with van der Waals surface area (Å²) in [7, 11) is 1.75. The highest BCUT2D eigenvalue weighted by atomic mass is 16.5. The predicted octanol–water partition coefficient (Wildman–Crippen LogP) is 4.21. The van der Waals surface area contributed by atoms with E-state index in [1.165, 1.54) is 29.5 Å². The second kappa shape index (κ2) is 7.68. The smallest absolute Gasteiger partial charge is 0.142 e. The van der Waals surface area contributed by atoms with Gasteiger partial charge >= 0.3 is 0 Å². The SMILES string of the molecule is COc1cc2c(cc1CNCc1cccnc1-n1cnc3ccccc31)CCC2. The Morgan fingerprint density at radius 2 is 1.79 bits per heavy atom. The van der Waals surface area contributed by atoms with E-state index in [-0.39, 0.29) is 0 Å². The van der Waals surface area contributed by atoms with Crippen molar-refractivity contribution in [3.05, 3.63) is 83.3 Å². The average Bonchev–Trinajstić information content (AvgIpc) is 3.40. The molecule has 5 rings (SSSR count). The highest BCUT2D eigenvalue weighted by Gasteiger charge is 2.15. The van der Waals surface area contributed by atoms with Gasteiger partial charge in [-0.1, -0.05) is 24.3 Å². The third kappa shape index (κ3) is 3.38. The molecule has 4 aromatic rings. The van der Waals surface area contributed by atoms with Gasteiger partial charge in [-0.3, -0.25) is 4.57 Å². The number of para-hydroxylation sites is 2. The Balaban J connectivity index is 1.38. The predicted molar refractivity (Wildman–Crippen MR) is 114 cm³/mol. The molecular weight excluding hydrogens is 360 g/mol. The van der Waals surface area contributed by atoms with Gasteiger partial charge in [0.25, 0.3) is 0 Å². The summed E-state index contributed by atoms with van der Waals surface area (Å²) < 4.78 is 7.70. The summed E-state index contributed by atoms with van der Waals surface area (Å²) in [6.45, 7) is 1.48. The highest BCUT2D eigenvalue weighted by Crippen LogP contribution is 2.30. The zero-order chi connectivity index (χ0) is 19.6. The number of ether oxygens (including phenoxy) is 1. The van der Waals surface area contributed by atoms with Crippen LogP contribution in [-0.4, -0.2) is 21.6 Å². The molecule has 0 saturated carbocycles. The molecule has 2 aromatic heterocycles. The van der Waals surface area contributed by atoms with Crippen molar-refractivity contribution < 1.29 is 4.74 Å². The molecule has 0 aliphatic heterocycles. The molecule has 5 nitrogen and oxygen atoms in total. The van der Waals surface area contributed by atoms with E-state index >= 15 is 0 Å². The summed E-state index contributed by atoms with van der Waals surface area (Å²) in [4.78, 5) is 9.14. The lowest BCUT2D eigenvalue weighted by molar-refractivity contribution is 0.407. The Morgan fingerprint density at radius 1 is 0.966 bits per heavy atom. The molecule has 0 saturated heterocycles. The minimum Gasteiger partial charge on any atom is -0.496 e. The van der Waals surface area contributed by atoms with Gasteiger partial charge in [0.1, 0.15) is 17.9 Å². The van der Waals surface area contributed by atoms with E-state index in [2.05, 4.69) is 44.1 Å². The number of benzene rings is 2. The van der Waals surface area contributed by atoms with Crippen LogP contribution in [0, 0.1) is 0 Å². The third-order valence-electron chi connectivity index (χ3n) is 5.68. The summed E-state index contributed by atoms with van der Waals surface area (Å²) in [5, 5.41) is 3.58. The van der Waals surface area contributed by atoms with Crippen molar-refractivity contribution in [2.75, 3.05) is 7.11 Å². The summed E-state index contributed by atoms with van der Waals surface area (Å²) in [6.07, 6.45) is 7.26. The lowest BCUT2D eigenvalue weighted by atomic mass is 10.0. The number of fused-ring (bicyclic) bond motifs is 2. The first-order valence-electron chi connectivity index (χ1n) is 10.1. The zero-order valence-corrected chi connectivity index (χ0v) is 16.6. The molecule has 29 heavy (non-hydrogen) atoms. The molecule has 0 radical (unpaired) electrons. The largest absolute Gasteiger partial charge is 0.496 e. The number of hydrogen-bond donors (Lipinski definition) is 1. The van der Waals surface area contributed by atoms with Gasteiger partial charge < -0.3 is 10.1 Å². The number of rotatable bonds is 6. The maximum absolute atomic E-state index is 5.64. The number of hydrogen-bond acceptors (Lipinski definition) is 4. The van der Waals surface area contributed by atoms with Crippen LogP contribution in [0.5, 0.6) is 5.75 Å². The van der Waals surface area contributed by atoms with Crippen LogP contribution in [-0.2, 0) is 25.9 Å². The van der Waals surface area contributed by atoms with Gasteiger partial charge in [-0.05, 0) is 54.7 Å². The molecular formula is C24H24N4O. The number of nitrogens with zero attached hydrogens (tertiary/aromatic N) is 3. The molecule has 1 aliphatic rings. The number of aromatic nitrogens is 3. The van der Waals surface area contributed by atoms with Gasteiger partial charge in [-0.25, -0.2) is 9.97 Å². The van der Waals surface area contributed by atoms with Crippen LogP contribution >= 0.6 is 0 Å². The van der Waals surface area contributed by atoms with E-state index < -0.39 is 0 Å². The van der Waals surface area contributed by atoms with Crippen molar-refractivity contribution in [2.24, 2.45) is 0 Å². The number of aryl methyl sites for hydroxylation is 2. The van der Waals surface area contributed by atoms with Crippen LogP contribution in [0.4, 0.5) is 0 Å². The summed E-state index contributed by atoms with van der Waals surface area (Å²) in [6, 6.07) is 16.7. The van der Waals surface area contributed by atoms with Crippen LogP contribution in [0.15, 0.2) is 61.1 Å². The Hall–Kier alpha value is -3.18. The summed E-state index contributed by atoms with van der Waals surface area (Å²) >= 11 is 0. The Bertz CT molecular complexity index is 1160. The first kappa shape index (κ1) is 17.9. The van der Waals surface area contributed by atoms with Crippen molar-refractivity contribution in [3.63, 3.8) is 0 Å². The maximum Gasteiger partial charge on any atom is 0.142 e. The summed E-state index contributed by atoms with van der Waals surface area (Å²) in [5.74, 6) is 1.89. The van der Waals surface area contributed by atoms with Crippen molar-refractivity contribution in [1.29, 1.82) is 0 Å². The first-order valence-corrected chi connectivity index (χ1v) is 10.1. The lowest BCUT2D eigenvalue weighted by Gasteiger charge is -2.14. The van der Waals surface area contributed by atoms with Gasteiger partial charge in [0.05, 0.1) is 18.1 Å². The van der Waals surface area contributed by atoms with Crippen LogP contribution in [0.3, 0.4) is 0 Å². The second-order valence-electron chi connectivity index (χ2n) is 7.48. The Kier molecular flexibility index (Phi) is 4.74. The lowest BCUT2D eigenvalue weighted by Crippen LogP contribution is -2.16. The van der Waals surface area contributed by atoms with Crippen molar-refractivity contribution >= 4 is 11.0 Å². The molecule has 0 atom stereocenters. The van der Waals surface area contributed by atoms with Crippen LogP contribution in [0.2, 0.25) is 0 Å². The van der Waals surface area contributed by atoms with E-state index in [4.69, 9.17) is 4.74 Å². The topological polar surface area (TPSA) is 52.0 Å². The van der Waals surface area contributed by atoms with Crippen LogP contribution in [0.1, 0.15) is 28.7 Å². The van der Waals surface area contributed by atoms with Crippen molar-refractivity contribution in [3.8, 4) is 11.6 Å². The normalized spacial score (nSPS) is 13.0. The van der Waals surface area contributed by atoms with Crippen molar-refractivity contribution in [1.82, 2.24) is 19.9 Å². The molecule has 0 spiro atoms. The molecule has 0 bridgehead atoms. The van der Waals surface area contributed by atoms with Gasteiger partial charge in [0.15, 0.2) is 0 Å². The second-order valence-corrected chi connectivity index (χ2v) is 7.48. The quantitative estimate of drug-likeness (QED) is 0.541. The summed E-state index contributed by atoms with van der Waals surface area (Å²) in [5.41, 5.74) is 7.29. The number of nitrogens with one attached hydrogen (secondary N) is 1. The Labute approximate surface area is 170 Å². The van der Waals surface area contributed by atoms with E-state index in [9.17, 15) is 0 Å². The number of imidazole rings is 1. The molecule has 0 fully saturated rings. The maximum atomic E-state index is 5.64. The van der Waals surface area contributed by atoms with Gasteiger partial charge in [0.2, 0.25) is 0 Å². The van der Waals surface area contributed by atoms with Gasteiger partial charge in [-0.2, -0.15) is 0 Å². The molecule has 146 valence electrons. The molecule has 0 amide bonds. The fourth-order valence-corrected chi connectivity index (χ4v) is 4.23. The van der Waals surface area contributed by atoms with Crippen LogP contribution in [0.25, 0.3) is 16.9 Å². The minimum absolute atomic E-state index is 0.718. The van der Waals surface area contributed by atoms with Crippen LogP contribution < -0.4 is 10.1 Å². The van der Waals surface area contributed by atoms with Crippen molar-refractivity contribution in [2.45, 2.75) is 32.4 Å². The Morgan fingerprint density at radius 3 is 2.69 bits per heavy atom. The molecule has 5 heteroatoms. The third-order valence-corrected chi connectivity index (χ3v) is 5.68. The van der Waals surface area contributed by atoms with Gasteiger partial charge in [0, 0.05) is 30.4 Å². The number of methoxy groups -OCH3 is 1. The molecule has 1 aliphatic carbocycles. The zero-order valence-electron chi connectivity index (χ0n) is 16.6. The average molecular weight is 384 g/mol. The first-order chi connectivity index (χ1) is 14.3. The van der Waals surface area contributed by atoms with E-state index in [0.29, 0.717) is 0 Å². The fourth-order valence-electron chi connectivity index (χ4n) is 4.23. The molecule has 0 unspecified atom stereocenters. The van der Waals surface area contributed by atoms with E-state index in [1.54, 1.807) is 7.11 Å². The van der Waals surface area contributed by atoms with Gasteiger partial charge in [-0.15, -0.1) is 0 Å². The fraction of sp³-hybridized carbons (Fsp3) is 0.250. The molecule has 2 heterocycles. The monoisotopic (exact) mass is 384 g/mol. The standard InChI is InChI=1S/C24H24N4O/c1-29-23-13-18-7-4-6-17(18)12-20(23)15-25-14-19-8-5-11-26-24(19)28-16-27-21-9-2-3-10-22(21)28/h2-3,5,8-13,16,25H,4,6-7,14-15H2,1H3. The molecule has 2 aromatic carbocycles. The van der Waals surface area contributed by atoms with E-state index in [1.807, 2.05) is 36.8 Å². The minimum atomic E-state index is 0.718. The molecule has 1 N–H and O–H groups in total. The van der Waals surface area contributed by atoms with E-state index in [0.717, 1.165) is 47.7 Å².